The second-order valence-electron chi connectivity index (χ2n) is 19.1. The molecular formula is C59H61F2N9O7S6. The summed E-state index contributed by atoms with van der Waals surface area (Å²) < 4.78 is 43.0. The van der Waals surface area contributed by atoms with Gasteiger partial charge in [-0.1, -0.05) is 40.9 Å². The molecule has 0 bridgehead atoms. The van der Waals surface area contributed by atoms with Gasteiger partial charge in [-0.25, -0.2) is 18.4 Å². The highest BCUT2D eigenvalue weighted by atomic mass is 32.1. The third-order valence-electron chi connectivity index (χ3n) is 13.5. The van der Waals surface area contributed by atoms with Crippen LogP contribution in [0.1, 0.15) is 167 Å². The molecule has 24 heteroatoms. The molecule has 12 rings (SSSR count). The summed E-state index contributed by atoms with van der Waals surface area (Å²) in [5, 5.41) is 53.9. The zero-order valence-electron chi connectivity index (χ0n) is 45.8. The molecule has 0 fully saturated rings. The largest absolute Gasteiger partial charge is 0.463 e. The molecule has 7 N–H and O–H groups in total. The number of thiophene rings is 6. The van der Waals surface area contributed by atoms with Crippen LogP contribution in [0.4, 0.5) is 23.8 Å². The zero-order valence-corrected chi connectivity index (χ0v) is 50.7. The molecule has 8 aromatic rings. The minimum atomic E-state index is -2.61. The van der Waals surface area contributed by atoms with E-state index < -0.39 is 18.2 Å². The van der Waals surface area contributed by atoms with E-state index in [9.17, 15) is 18.4 Å². The van der Waals surface area contributed by atoms with Crippen LogP contribution in [-0.2, 0) is 54.4 Å². The van der Waals surface area contributed by atoms with Gasteiger partial charge in [0.05, 0.1) is 51.4 Å². The molecular weight excluding hydrogens is 1180 g/mol. The van der Waals surface area contributed by atoms with Crippen LogP contribution in [0.3, 0.4) is 0 Å². The van der Waals surface area contributed by atoms with Crippen molar-refractivity contribution in [3.05, 3.63) is 139 Å². The maximum Gasteiger partial charge on any atom is 0.376 e. The first kappa shape index (κ1) is 63.1. The maximum absolute atomic E-state index is 12.1. The molecule has 16 nitrogen and oxygen atoms in total. The highest BCUT2D eigenvalue weighted by Crippen LogP contribution is 2.39. The number of oxime groups is 1. The smallest absolute Gasteiger partial charge is 0.376 e. The topological polar surface area (TPSA) is 287 Å². The number of hydrogen-bond acceptors (Lipinski definition) is 22. The SMILES string of the molecule is CC1CCc2c(sc(N)c2C#N)C1.CCOC(=O)c1csc2c1CCC/C2=N\O.COC(=O)c1cc(-c2cccs2)no1.FC(F)c1cc(/C=C/c2cccs2)no1.N#Cc1c(N)sc2c1CCCC2.N#Cc1c(N)sc2c1CCCCC2. The Balaban J connectivity index is 0.000000143. The third kappa shape index (κ3) is 16.6. The lowest BCUT2D eigenvalue weighted by atomic mass is 9.89. The summed E-state index contributed by atoms with van der Waals surface area (Å²) in [4.78, 5) is 29.7. The van der Waals surface area contributed by atoms with E-state index in [1.165, 1.54) is 106 Å². The van der Waals surface area contributed by atoms with E-state index in [1.54, 1.807) is 75.9 Å². The summed E-state index contributed by atoms with van der Waals surface area (Å²) in [5.74, 6) is -0.326. The number of hydrogen-bond donors (Lipinski definition) is 4. The molecule has 0 aliphatic heterocycles. The maximum atomic E-state index is 12.1. The predicted octanol–water partition coefficient (Wildman–Crippen LogP) is 15.4. The third-order valence-corrected chi connectivity index (χ3v) is 19.7. The minimum absolute atomic E-state index is 0.121. The average molecular weight is 1240 g/mol. The van der Waals surface area contributed by atoms with E-state index in [-0.39, 0.29) is 11.7 Å². The number of carbonyl (C=O) groups is 2. The van der Waals surface area contributed by atoms with Crippen LogP contribution in [-0.4, -0.2) is 46.9 Å². The number of anilines is 3. The lowest BCUT2D eigenvalue weighted by molar-refractivity contribution is 0.0523. The van der Waals surface area contributed by atoms with Gasteiger partial charge in [-0.05, 0) is 160 Å². The molecule has 1 unspecified atom stereocenters. The van der Waals surface area contributed by atoms with Crippen molar-refractivity contribution in [3.63, 3.8) is 0 Å². The Labute approximate surface area is 503 Å². The van der Waals surface area contributed by atoms with Crippen LogP contribution in [0.25, 0.3) is 22.7 Å². The number of aromatic nitrogens is 2. The lowest BCUT2D eigenvalue weighted by Gasteiger charge is -2.17. The Morgan fingerprint density at radius 2 is 1.36 bits per heavy atom. The first-order valence-corrected chi connectivity index (χ1v) is 31.7. The van der Waals surface area contributed by atoms with Crippen LogP contribution >= 0.6 is 68.0 Å². The van der Waals surface area contributed by atoms with E-state index >= 15 is 0 Å². The van der Waals surface area contributed by atoms with Gasteiger partial charge in [0.15, 0.2) is 0 Å². The Morgan fingerprint density at radius 1 is 0.759 bits per heavy atom. The number of halogens is 2. The quantitative estimate of drug-likeness (QED) is 0.0499. The first-order chi connectivity index (χ1) is 40.2. The highest BCUT2D eigenvalue weighted by Gasteiger charge is 2.26. The molecule has 83 heavy (non-hydrogen) atoms. The van der Waals surface area contributed by atoms with Gasteiger partial charge >= 0.3 is 11.9 Å². The van der Waals surface area contributed by atoms with Gasteiger partial charge in [0, 0.05) is 37.0 Å². The molecule has 0 amide bonds. The summed E-state index contributed by atoms with van der Waals surface area (Å²) in [5.41, 5.74) is 26.5. The van der Waals surface area contributed by atoms with Crippen LogP contribution in [0.15, 0.2) is 66.7 Å². The van der Waals surface area contributed by atoms with Gasteiger partial charge in [0.2, 0.25) is 11.5 Å². The van der Waals surface area contributed by atoms with Gasteiger partial charge in [0.25, 0.3) is 6.43 Å². The number of esters is 2. The molecule has 0 aromatic carbocycles. The first-order valence-electron chi connectivity index (χ1n) is 26.7. The molecule has 0 radical (unpaired) electrons. The standard InChI is InChI=1S/C11H13NO3S.C10H7F2NOS.2C10H12N2S.C9H10N2S.C9H7NO3S/c1-2-15-11(13)8-6-16-10-7(8)4-3-5-9(10)12-14;11-10(12)9-6-7(13-14-9)3-4-8-2-1-5-15-8;1-6-2-3-7-8(5-11)10(12)13-9(7)4-6;11-6-8-7-4-2-1-3-5-9(7)13-10(8)12;10-5-7-6-3-1-2-4-8(6)12-9(7)11;1-12-9(11)7-5-6(10-13-7)8-3-2-4-14-8/h6,14H,2-5H2,1H3;1-6,10H;6H,2-4,12H2,1H3;1-5,12H2;1-4,11H2;2-5H,1H3/b12-9+;4-3+;;;;. The van der Waals surface area contributed by atoms with Crippen LogP contribution in [0.2, 0.25) is 0 Å². The second kappa shape index (κ2) is 31.2. The highest BCUT2D eigenvalue weighted by molar-refractivity contribution is 7.17. The Bertz CT molecular complexity index is 3610. The average Bonchev–Trinajstić information content (AvgIpc) is 4.44. The number of carbonyl (C=O) groups excluding carboxylic acids is 2. The number of aryl methyl sites for hydroxylation is 2. The van der Waals surface area contributed by atoms with Gasteiger partial charge in [-0.15, -0.1) is 68.0 Å². The van der Waals surface area contributed by atoms with E-state index in [4.69, 9.17) is 47.5 Å². The lowest BCUT2D eigenvalue weighted by Crippen LogP contribution is -2.13. The molecule has 0 saturated carbocycles. The number of nitrogens with zero attached hydrogens (tertiary/aromatic N) is 6. The fourth-order valence-electron chi connectivity index (χ4n) is 9.44. The van der Waals surface area contributed by atoms with Crippen molar-refractivity contribution in [1.29, 1.82) is 15.8 Å². The van der Waals surface area contributed by atoms with Crippen molar-refractivity contribution in [3.8, 4) is 28.8 Å². The second-order valence-corrected chi connectivity index (χ2v) is 25.3. The molecule has 0 saturated heterocycles. The summed E-state index contributed by atoms with van der Waals surface area (Å²) >= 11 is 9.35. The van der Waals surface area contributed by atoms with Crippen LogP contribution in [0.5, 0.6) is 0 Å². The van der Waals surface area contributed by atoms with Crippen molar-refractivity contribution < 1.29 is 42.1 Å². The summed E-state index contributed by atoms with van der Waals surface area (Å²) in [6.07, 6.45) is 17.2. The fraction of sp³-hybridized carbons (Fsp3) is 0.356. The number of rotatable bonds is 7. The normalized spacial score (nSPS) is 15.1. The number of nitrogens with two attached hydrogens (primary N) is 3. The predicted molar refractivity (Wildman–Crippen MR) is 327 cm³/mol. The van der Waals surface area contributed by atoms with Crippen molar-refractivity contribution in [2.75, 3.05) is 30.9 Å². The van der Waals surface area contributed by atoms with Gasteiger partial charge in [0.1, 0.15) is 44.6 Å². The zero-order chi connectivity index (χ0) is 59.4. The molecule has 8 aromatic heterocycles. The molecule has 0 spiro atoms. The van der Waals surface area contributed by atoms with Gasteiger partial charge < -0.3 is 40.9 Å². The number of nitrogen functional groups attached to an aromatic ring is 3. The number of nitriles is 3. The van der Waals surface area contributed by atoms with Crippen LogP contribution < -0.4 is 17.2 Å². The molecule has 8 heterocycles. The van der Waals surface area contributed by atoms with Crippen molar-refractivity contribution in [2.45, 2.75) is 117 Å². The van der Waals surface area contributed by atoms with E-state index in [0.717, 1.165) is 106 Å². The van der Waals surface area contributed by atoms with Crippen molar-refractivity contribution in [1.82, 2.24) is 10.3 Å². The fourth-order valence-corrected chi connectivity index (χ4v) is 15.3. The van der Waals surface area contributed by atoms with Gasteiger partial charge in [-0.3, -0.25) is 0 Å². The van der Waals surface area contributed by atoms with E-state index in [0.29, 0.717) is 39.3 Å². The Morgan fingerprint density at radius 3 is 1.94 bits per heavy atom. The van der Waals surface area contributed by atoms with E-state index in [2.05, 4.69) is 49.9 Å². The summed E-state index contributed by atoms with van der Waals surface area (Å²) in [6.45, 7) is 4.42. The van der Waals surface area contributed by atoms with Crippen molar-refractivity contribution >= 4 is 113 Å². The number of fused-ring (bicyclic) bond motifs is 4. The molecule has 4 aliphatic carbocycles. The van der Waals surface area contributed by atoms with Crippen molar-refractivity contribution in [2.24, 2.45) is 11.1 Å². The van der Waals surface area contributed by atoms with Gasteiger partial charge in [-0.2, -0.15) is 15.8 Å². The number of ether oxygens (including phenoxy) is 2. The molecule has 1 atom stereocenters. The summed E-state index contributed by atoms with van der Waals surface area (Å²) in [7, 11) is 1.30. The number of alkyl halides is 2. The molecule has 4 aliphatic rings. The molecule has 434 valence electrons. The number of methoxy groups -OCH3 is 1. The van der Waals surface area contributed by atoms with E-state index in [1.807, 2.05) is 35.0 Å². The van der Waals surface area contributed by atoms with Crippen LogP contribution in [0, 0.1) is 39.9 Å². The monoisotopic (exact) mass is 1240 g/mol. The Kier molecular flexibility index (Phi) is 23.7. The minimum Gasteiger partial charge on any atom is -0.463 e. The summed E-state index contributed by atoms with van der Waals surface area (Å²) in [6, 6.07) is 17.1. The Hall–Kier alpha value is -7.50.